The zero-order valence-electron chi connectivity index (χ0n) is 14.4. The third-order valence-electron chi connectivity index (χ3n) is 4.56. The molecule has 1 aliphatic rings. The van der Waals surface area contributed by atoms with Gasteiger partial charge < -0.3 is 14.6 Å². The lowest BCUT2D eigenvalue weighted by Gasteiger charge is -2.32. The van der Waals surface area contributed by atoms with Crippen molar-refractivity contribution in [3.05, 3.63) is 41.0 Å². The number of benzene rings is 1. The molecule has 0 fully saturated rings. The Balaban J connectivity index is 2.00. The number of methoxy groups -OCH3 is 1. The van der Waals surface area contributed by atoms with Gasteiger partial charge in [0, 0.05) is 17.5 Å². The van der Waals surface area contributed by atoms with Gasteiger partial charge in [0.15, 0.2) is 0 Å². The minimum absolute atomic E-state index is 0.276. The molecule has 0 bridgehead atoms. The molecule has 0 saturated carbocycles. The molecule has 1 aliphatic carbocycles. The Morgan fingerprint density at radius 1 is 1.00 bits per heavy atom. The summed E-state index contributed by atoms with van der Waals surface area (Å²) in [6.45, 7) is 3.72. The molecule has 0 aliphatic heterocycles. The van der Waals surface area contributed by atoms with Crippen molar-refractivity contribution < 1.29 is 24.2 Å². The number of amides is 2. The van der Waals surface area contributed by atoms with Crippen LogP contribution in [0.4, 0.5) is 0 Å². The summed E-state index contributed by atoms with van der Waals surface area (Å²) in [7, 11) is 1.52. The van der Waals surface area contributed by atoms with Crippen LogP contribution in [0, 0.1) is 11.8 Å². The van der Waals surface area contributed by atoms with Gasteiger partial charge in [0.2, 0.25) is 5.91 Å². The zero-order chi connectivity index (χ0) is 18.6. The van der Waals surface area contributed by atoms with Crippen molar-refractivity contribution in [2.45, 2.75) is 26.7 Å². The number of hydrogen-bond acceptors (Lipinski definition) is 5. The van der Waals surface area contributed by atoms with Crippen molar-refractivity contribution in [3.8, 4) is 5.75 Å². The molecule has 1 aromatic rings. The van der Waals surface area contributed by atoms with Crippen molar-refractivity contribution in [1.82, 2.24) is 10.9 Å². The van der Waals surface area contributed by atoms with Crippen molar-refractivity contribution >= 4 is 17.8 Å². The topological polar surface area (TPSA) is 108 Å². The van der Waals surface area contributed by atoms with Crippen LogP contribution in [-0.4, -0.2) is 24.9 Å². The van der Waals surface area contributed by atoms with Gasteiger partial charge in [-0.05, 0) is 51.0 Å². The molecule has 2 amide bonds. The van der Waals surface area contributed by atoms with E-state index in [1.54, 1.807) is 24.3 Å². The second-order valence-electron chi connectivity index (χ2n) is 6.17. The summed E-state index contributed by atoms with van der Waals surface area (Å²) in [4.78, 5) is 35.7. The maximum Gasteiger partial charge on any atom is 0.269 e. The van der Waals surface area contributed by atoms with Crippen LogP contribution < -0.4 is 20.7 Å². The monoisotopic (exact) mass is 345 g/mol. The summed E-state index contributed by atoms with van der Waals surface area (Å²) >= 11 is 0. The van der Waals surface area contributed by atoms with Gasteiger partial charge in [-0.15, -0.1) is 0 Å². The molecule has 7 nitrogen and oxygen atoms in total. The number of aliphatic carboxylic acids is 1. The second kappa shape index (κ2) is 7.83. The standard InChI is InChI=1S/C18H22N2O5/c1-10-8-14(15(18(23)24)9-11(10)2)17(22)20-19-16(21)12-4-6-13(25-3)7-5-12/h4-7,14-15H,8-9H2,1-3H3,(H,19,21)(H,20,22)(H,23,24)/p-1. The van der Waals surface area contributed by atoms with Gasteiger partial charge in [-0.3, -0.25) is 20.4 Å². The quantitative estimate of drug-likeness (QED) is 0.613. The lowest BCUT2D eigenvalue weighted by Crippen LogP contribution is -2.49. The molecule has 2 N–H and O–H groups in total. The Bertz CT molecular complexity index is 709. The van der Waals surface area contributed by atoms with Crippen LogP contribution in [0.3, 0.4) is 0 Å². The molecular weight excluding hydrogens is 324 g/mol. The summed E-state index contributed by atoms with van der Waals surface area (Å²) in [5.41, 5.74) is 6.91. The van der Waals surface area contributed by atoms with E-state index in [0.717, 1.165) is 11.1 Å². The third kappa shape index (κ3) is 4.37. The van der Waals surface area contributed by atoms with Crippen LogP contribution in [-0.2, 0) is 9.59 Å². The molecule has 0 saturated heterocycles. The van der Waals surface area contributed by atoms with Crippen molar-refractivity contribution in [1.29, 1.82) is 0 Å². The Kier molecular flexibility index (Phi) is 5.80. The number of carboxylic acid groups (broad SMARTS) is 1. The van der Waals surface area contributed by atoms with Crippen LogP contribution in [0.1, 0.15) is 37.0 Å². The highest BCUT2D eigenvalue weighted by atomic mass is 16.5. The van der Waals surface area contributed by atoms with Gasteiger partial charge >= 0.3 is 0 Å². The van der Waals surface area contributed by atoms with Crippen LogP contribution in [0.15, 0.2) is 35.4 Å². The number of hydrazine groups is 1. The Labute approximate surface area is 146 Å². The predicted molar refractivity (Wildman–Crippen MR) is 88.2 cm³/mol. The lowest BCUT2D eigenvalue weighted by atomic mass is 9.76. The molecule has 25 heavy (non-hydrogen) atoms. The molecule has 7 heteroatoms. The van der Waals surface area contributed by atoms with Gasteiger partial charge in [-0.2, -0.15) is 0 Å². The summed E-state index contributed by atoms with van der Waals surface area (Å²) in [6.07, 6.45) is 0.605. The summed E-state index contributed by atoms with van der Waals surface area (Å²) in [6, 6.07) is 6.37. The number of carbonyl (C=O) groups excluding carboxylic acids is 3. The molecule has 0 heterocycles. The van der Waals surface area contributed by atoms with E-state index in [0.29, 0.717) is 17.7 Å². The highest BCUT2D eigenvalue weighted by Gasteiger charge is 2.33. The van der Waals surface area contributed by atoms with Gasteiger partial charge in [0.05, 0.1) is 13.0 Å². The number of nitrogens with one attached hydrogen (secondary N) is 2. The molecule has 0 aromatic heterocycles. The molecular formula is C18H21N2O5-. The normalized spacial score (nSPS) is 20.0. The van der Waals surface area contributed by atoms with Gasteiger partial charge in [0.25, 0.3) is 5.91 Å². The SMILES string of the molecule is COc1ccc(C(=O)NNC(=O)C2CC(C)=C(C)CC2C(=O)[O-])cc1. The van der Waals surface area contributed by atoms with Gasteiger partial charge in [-0.1, -0.05) is 11.1 Å². The fraction of sp³-hybridized carbons (Fsp3) is 0.389. The van der Waals surface area contributed by atoms with Crippen molar-refractivity contribution in [2.24, 2.45) is 11.8 Å². The summed E-state index contributed by atoms with van der Waals surface area (Å²) in [5, 5.41) is 11.3. The van der Waals surface area contributed by atoms with E-state index in [-0.39, 0.29) is 6.42 Å². The van der Waals surface area contributed by atoms with E-state index < -0.39 is 29.6 Å². The largest absolute Gasteiger partial charge is 0.550 e. The van der Waals surface area contributed by atoms with Crippen LogP contribution >= 0.6 is 0 Å². The Hall–Kier alpha value is -2.83. The average Bonchev–Trinajstić information content (AvgIpc) is 2.61. The maximum absolute atomic E-state index is 12.3. The van der Waals surface area contributed by atoms with Crippen molar-refractivity contribution in [3.63, 3.8) is 0 Å². The molecule has 2 unspecified atom stereocenters. The van der Waals surface area contributed by atoms with E-state index in [9.17, 15) is 19.5 Å². The second-order valence-corrected chi connectivity index (χ2v) is 6.17. The first kappa shape index (κ1) is 18.5. The summed E-state index contributed by atoms with van der Waals surface area (Å²) in [5.74, 6) is -3.36. The summed E-state index contributed by atoms with van der Waals surface area (Å²) < 4.78 is 5.01. The van der Waals surface area contributed by atoms with Crippen LogP contribution in [0.25, 0.3) is 0 Å². The third-order valence-corrected chi connectivity index (χ3v) is 4.56. The Morgan fingerprint density at radius 3 is 2.08 bits per heavy atom. The minimum atomic E-state index is -1.26. The maximum atomic E-state index is 12.3. The first-order valence-corrected chi connectivity index (χ1v) is 7.93. The van der Waals surface area contributed by atoms with Gasteiger partial charge in [-0.25, -0.2) is 0 Å². The predicted octanol–water partition coefficient (Wildman–Crippen LogP) is 0.569. The first-order valence-electron chi connectivity index (χ1n) is 7.93. The van der Waals surface area contributed by atoms with Crippen molar-refractivity contribution in [2.75, 3.05) is 7.11 Å². The van der Waals surface area contributed by atoms with Crippen LogP contribution in [0.2, 0.25) is 0 Å². The van der Waals surface area contributed by atoms with E-state index in [4.69, 9.17) is 4.74 Å². The van der Waals surface area contributed by atoms with E-state index >= 15 is 0 Å². The molecule has 0 radical (unpaired) electrons. The molecule has 2 atom stereocenters. The van der Waals surface area contributed by atoms with E-state index in [1.165, 1.54) is 7.11 Å². The number of hydrogen-bond donors (Lipinski definition) is 2. The first-order chi connectivity index (χ1) is 11.8. The number of carboxylic acids is 1. The minimum Gasteiger partial charge on any atom is -0.550 e. The van der Waals surface area contributed by atoms with E-state index in [1.807, 2.05) is 13.8 Å². The highest BCUT2D eigenvalue weighted by Crippen LogP contribution is 2.33. The Morgan fingerprint density at radius 2 is 1.56 bits per heavy atom. The van der Waals surface area contributed by atoms with Crippen LogP contribution in [0.5, 0.6) is 5.75 Å². The fourth-order valence-electron chi connectivity index (χ4n) is 2.84. The van der Waals surface area contributed by atoms with E-state index in [2.05, 4.69) is 10.9 Å². The lowest BCUT2D eigenvalue weighted by molar-refractivity contribution is -0.313. The number of allylic oxidation sites excluding steroid dienone is 2. The number of carbonyl (C=O) groups is 3. The smallest absolute Gasteiger partial charge is 0.269 e. The molecule has 134 valence electrons. The van der Waals surface area contributed by atoms with Gasteiger partial charge in [0.1, 0.15) is 5.75 Å². The fourth-order valence-corrected chi connectivity index (χ4v) is 2.84. The zero-order valence-corrected chi connectivity index (χ0v) is 14.4. The molecule has 0 spiro atoms. The number of rotatable bonds is 4. The average molecular weight is 345 g/mol. The molecule has 1 aromatic carbocycles. The molecule has 2 rings (SSSR count). The highest BCUT2D eigenvalue weighted by molar-refractivity contribution is 5.96. The number of ether oxygens (including phenoxy) is 1.